The van der Waals surface area contributed by atoms with Crippen molar-refractivity contribution in [2.45, 2.75) is 46.3 Å². The number of halogens is 1. The minimum Gasteiger partial charge on any atom is -0.493 e. The van der Waals surface area contributed by atoms with Crippen LogP contribution in [0.15, 0.2) is 42.5 Å². The van der Waals surface area contributed by atoms with Gasteiger partial charge in [-0.2, -0.15) is 0 Å². The molecule has 4 nitrogen and oxygen atoms in total. The van der Waals surface area contributed by atoms with Crippen molar-refractivity contribution in [3.8, 4) is 11.5 Å². The third-order valence-electron chi connectivity index (χ3n) is 4.38. The van der Waals surface area contributed by atoms with Gasteiger partial charge >= 0.3 is 0 Å². The number of hydrogen-bond donors (Lipinski definition) is 1. The molecule has 0 aliphatic rings. The van der Waals surface area contributed by atoms with Crippen molar-refractivity contribution >= 4 is 12.4 Å². The van der Waals surface area contributed by atoms with Crippen molar-refractivity contribution in [2.24, 2.45) is 0 Å². The van der Waals surface area contributed by atoms with E-state index in [1.807, 2.05) is 12.1 Å². The van der Waals surface area contributed by atoms with Crippen molar-refractivity contribution in [1.29, 1.82) is 0 Å². The molecule has 0 aromatic heterocycles. The van der Waals surface area contributed by atoms with E-state index in [-0.39, 0.29) is 12.4 Å². The number of hydrogen-bond acceptors (Lipinski definition) is 4. The predicted molar refractivity (Wildman–Crippen MR) is 118 cm³/mol. The van der Waals surface area contributed by atoms with Crippen molar-refractivity contribution in [1.82, 2.24) is 5.32 Å². The first kappa shape index (κ1) is 24.3. The zero-order chi connectivity index (χ0) is 19.3. The molecule has 2 aromatic carbocycles. The monoisotopic (exact) mass is 407 g/mol. The molecule has 0 amide bonds. The van der Waals surface area contributed by atoms with Crippen molar-refractivity contribution in [3.05, 3.63) is 59.2 Å². The summed E-state index contributed by atoms with van der Waals surface area (Å²) in [6.45, 7) is 8.13. The molecular formula is C23H34ClNO3. The zero-order valence-electron chi connectivity index (χ0n) is 17.3. The standard InChI is InChI=1S/C23H33NO3.ClH/c1-4-5-15-26-16-7-14-24-17-21-8-6-9-22(25-3)23(21)27-18-20-12-10-19(2)11-13-20;/h6,8-13,24H,4-5,7,14-18H2,1-3H3;1H. The van der Waals surface area contributed by atoms with Crippen LogP contribution in [0.1, 0.15) is 42.9 Å². The highest BCUT2D eigenvalue weighted by molar-refractivity contribution is 5.85. The molecule has 5 heteroatoms. The number of rotatable bonds is 13. The lowest BCUT2D eigenvalue weighted by Crippen LogP contribution is -2.17. The Labute approximate surface area is 176 Å². The summed E-state index contributed by atoms with van der Waals surface area (Å²) in [6, 6.07) is 14.4. The number of methoxy groups -OCH3 is 1. The first-order valence-electron chi connectivity index (χ1n) is 9.87. The molecule has 2 rings (SSSR count). The molecule has 0 aliphatic heterocycles. The van der Waals surface area contributed by atoms with Crippen LogP contribution in [0.3, 0.4) is 0 Å². The van der Waals surface area contributed by atoms with Crippen LogP contribution in [-0.2, 0) is 17.9 Å². The smallest absolute Gasteiger partial charge is 0.166 e. The summed E-state index contributed by atoms with van der Waals surface area (Å²) in [5, 5.41) is 3.47. The van der Waals surface area contributed by atoms with Crippen LogP contribution in [0.4, 0.5) is 0 Å². The van der Waals surface area contributed by atoms with Crippen molar-refractivity contribution < 1.29 is 14.2 Å². The van der Waals surface area contributed by atoms with Gasteiger partial charge in [-0.1, -0.05) is 55.3 Å². The van der Waals surface area contributed by atoms with Gasteiger partial charge < -0.3 is 19.5 Å². The molecule has 0 saturated heterocycles. The van der Waals surface area contributed by atoms with E-state index in [1.54, 1.807) is 7.11 Å². The van der Waals surface area contributed by atoms with E-state index in [9.17, 15) is 0 Å². The summed E-state index contributed by atoms with van der Waals surface area (Å²) >= 11 is 0. The third-order valence-corrected chi connectivity index (χ3v) is 4.38. The molecule has 0 spiro atoms. The first-order valence-corrected chi connectivity index (χ1v) is 9.87. The van der Waals surface area contributed by atoms with Crippen LogP contribution in [0.2, 0.25) is 0 Å². The lowest BCUT2D eigenvalue weighted by molar-refractivity contribution is 0.128. The predicted octanol–water partition coefficient (Wildman–Crippen LogP) is 5.30. The number of unbranched alkanes of at least 4 members (excludes halogenated alkanes) is 1. The lowest BCUT2D eigenvalue weighted by Gasteiger charge is -2.16. The fourth-order valence-corrected chi connectivity index (χ4v) is 2.74. The highest BCUT2D eigenvalue weighted by atomic mass is 35.5. The van der Waals surface area contributed by atoms with Gasteiger partial charge in [-0.25, -0.2) is 0 Å². The van der Waals surface area contributed by atoms with Crippen LogP contribution in [-0.4, -0.2) is 26.9 Å². The third kappa shape index (κ3) is 8.51. The first-order chi connectivity index (χ1) is 13.2. The van der Waals surface area contributed by atoms with Gasteiger partial charge in [0, 0.05) is 25.3 Å². The molecule has 0 aliphatic carbocycles. The van der Waals surface area contributed by atoms with Crippen LogP contribution < -0.4 is 14.8 Å². The van der Waals surface area contributed by atoms with Crippen LogP contribution in [0.5, 0.6) is 11.5 Å². The molecule has 28 heavy (non-hydrogen) atoms. The van der Waals surface area contributed by atoms with Gasteiger partial charge in [0.2, 0.25) is 0 Å². The fraction of sp³-hybridized carbons (Fsp3) is 0.478. The molecule has 0 radical (unpaired) electrons. The highest BCUT2D eigenvalue weighted by Gasteiger charge is 2.10. The number of aryl methyl sites for hydroxylation is 1. The molecule has 156 valence electrons. The second kappa shape index (κ2) is 14.3. The molecule has 0 saturated carbocycles. The lowest BCUT2D eigenvalue weighted by atomic mass is 10.1. The average molecular weight is 408 g/mol. The SMILES string of the molecule is CCCCOCCCNCc1cccc(OC)c1OCc1ccc(C)cc1.Cl. The second-order valence-electron chi connectivity index (χ2n) is 6.72. The van der Waals surface area contributed by atoms with E-state index in [0.29, 0.717) is 6.61 Å². The number of nitrogens with one attached hydrogen (secondary N) is 1. The van der Waals surface area contributed by atoms with E-state index in [0.717, 1.165) is 61.8 Å². The molecule has 1 N–H and O–H groups in total. The van der Waals surface area contributed by atoms with Crippen LogP contribution >= 0.6 is 12.4 Å². The minimum absolute atomic E-state index is 0. The molecule has 0 atom stereocenters. The largest absolute Gasteiger partial charge is 0.493 e. The van der Waals surface area contributed by atoms with E-state index in [1.165, 1.54) is 12.0 Å². The number of ether oxygens (including phenoxy) is 3. The number of para-hydroxylation sites is 1. The van der Waals surface area contributed by atoms with Crippen LogP contribution in [0.25, 0.3) is 0 Å². The Morgan fingerprint density at radius 1 is 0.964 bits per heavy atom. The van der Waals surface area contributed by atoms with E-state index in [4.69, 9.17) is 14.2 Å². The van der Waals surface area contributed by atoms with Crippen molar-refractivity contribution in [2.75, 3.05) is 26.9 Å². The molecule has 2 aromatic rings. The molecule has 0 unspecified atom stereocenters. The topological polar surface area (TPSA) is 39.7 Å². The Morgan fingerprint density at radius 3 is 2.43 bits per heavy atom. The van der Waals surface area contributed by atoms with E-state index < -0.39 is 0 Å². The summed E-state index contributed by atoms with van der Waals surface area (Å²) in [5.74, 6) is 1.58. The van der Waals surface area contributed by atoms with Gasteiger partial charge in [-0.05, 0) is 37.9 Å². The molecule has 0 bridgehead atoms. The maximum Gasteiger partial charge on any atom is 0.166 e. The maximum atomic E-state index is 6.12. The fourth-order valence-electron chi connectivity index (χ4n) is 2.74. The summed E-state index contributed by atoms with van der Waals surface area (Å²) in [6.07, 6.45) is 3.33. The summed E-state index contributed by atoms with van der Waals surface area (Å²) in [5.41, 5.74) is 3.50. The molecule has 0 heterocycles. The van der Waals surface area contributed by atoms with Gasteiger partial charge in [0.1, 0.15) is 6.61 Å². The van der Waals surface area contributed by atoms with Gasteiger partial charge in [0.05, 0.1) is 7.11 Å². The quantitative estimate of drug-likeness (QED) is 0.457. The highest BCUT2D eigenvalue weighted by Crippen LogP contribution is 2.31. The summed E-state index contributed by atoms with van der Waals surface area (Å²) in [4.78, 5) is 0. The van der Waals surface area contributed by atoms with Crippen molar-refractivity contribution in [3.63, 3.8) is 0 Å². The van der Waals surface area contributed by atoms with Gasteiger partial charge in [0.15, 0.2) is 11.5 Å². The Bertz CT molecular complexity index is 661. The Morgan fingerprint density at radius 2 is 1.71 bits per heavy atom. The normalized spacial score (nSPS) is 10.4. The molecular weight excluding hydrogens is 374 g/mol. The summed E-state index contributed by atoms with van der Waals surface area (Å²) < 4.78 is 17.2. The Hall–Kier alpha value is -1.75. The second-order valence-corrected chi connectivity index (χ2v) is 6.72. The van der Waals surface area contributed by atoms with Gasteiger partial charge in [0.25, 0.3) is 0 Å². The Kier molecular flexibility index (Phi) is 12.4. The molecule has 0 fully saturated rings. The minimum atomic E-state index is 0. The number of benzene rings is 2. The van der Waals surface area contributed by atoms with Gasteiger partial charge in [-0.3, -0.25) is 0 Å². The average Bonchev–Trinajstić information content (AvgIpc) is 2.69. The zero-order valence-corrected chi connectivity index (χ0v) is 18.1. The van der Waals surface area contributed by atoms with E-state index in [2.05, 4.69) is 49.5 Å². The van der Waals surface area contributed by atoms with Crippen LogP contribution in [0, 0.1) is 6.92 Å². The summed E-state index contributed by atoms with van der Waals surface area (Å²) in [7, 11) is 1.68. The van der Waals surface area contributed by atoms with Gasteiger partial charge in [-0.15, -0.1) is 12.4 Å². The van der Waals surface area contributed by atoms with E-state index >= 15 is 0 Å². The maximum absolute atomic E-state index is 6.12. The Balaban J connectivity index is 0.00000392.